The Kier molecular flexibility index (Phi) is 7.63. The van der Waals surface area contributed by atoms with Crippen molar-refractivity contribution in [2.45, 2.75) is 68.8 Å². The van der Waals surface area contributed by atoms with Crippen LogP contribution in [0.4, 0.5) is 0 Å². The van der Waals surface area contributed by atoms with E-state index in [4.69, 9.17) is 5.73 Å². The summed E-state index contributed by atoms with van der Waals surface area (Å²) in [6.07, 6.45) is 1.68. The number of nitrogens with two attached hydrogens (primary N) is 1. The van der Waals surface area contributed by atoms with Gasteiger partial charge in [-0.1, -0.05) is 6.92 Å². The van der Waals surface area contributed by atoms with Gasteiger partial charge < -0.3 is 36.4 Å². The molecule has 0 aliphatic carbocycles. The Morgan fingerprint density at radius 2 is 2.10 bits per heavy atom. The molecule has 0 saturated carbocycles. The highest BCUT2D eigenvalue weighted by Gasteiger charge is 2.60. The van der Waals surface area contributed by atoms with Gasteiger partial charge in [-0.3, -0.25) is 14.4 Å². The van der Waals surface area contributed by atoms with Crippen LogP contribution in [0.1, 0.15) is 26.7 Å². The van der Waals surface area contributed by atoms with Crippen molar-refractivity contribution < 1.29 is 29.4 Å². The van der Waals surface area contributed by atoms with E-state index >= 15 is 0 Å². The van der Waals surface area contributed by atoms with E-state index in [0.717, 1.165) is 0 Å². The lowest BCUT2D eigenvalue weighted by Gasteiger charge is -2.47. The van der Waals surface area contributed by atoms with Crippen LogP contribution < -0.4 is 16.4 Å². The molecule has 4 aliphatic heterocycles. The molecule has 5 heterocycles. The third-order valence-corrected chi connectivity index (χ3v) is 9.56. The average Bonchev–Trinajstić information content (AvgIpc) is 3.67. The lowest BCUT2D eigenvalue weighted by Crippen LogP contribution is -2.66. The molecule has 4 aliphatic rings. The predicted molar refractivity (Wildman–Crippen MR) is 136 cm³/mol. The number of tetrazole rings is 1. The molecule has 0 bridgehead atoms. The van der Waals surface area contributed by atoms with Gasteiger partial charge >= 0.3 is 5.97 Å². The molecule has 15 nitrogen and oxygen atoms in total. The molecule has 1 unspecified atom stereocenters. The first-order valence-corrected chi connectivity index (χ1v) is 13.9. The summed E-state index contributed by atoms with van der Waals surface area (Å²) in [6, 6.07) is -1.56. The Balaban J connectivity index is 1.23. The first-order valence-electron chi connectivity index (χ1n) is 13.0. The third kappa shape index (κ3) is 5.01. The fraction of sp³-hybridized carbons (Fsp3) is 0.696. The van der Waals surface area contributed by atoms with Crippen molar-refractivity contribution in [3.63, 3.8) is 0 Å². The first-order chi connectivity index (χ1) is 18.6. The second-order valence-electron chi connectivity index (χ2n) is 10.6. The number of rotatable bonds is 9. The molecule has 6 N–H and O–H groups in total. The number of aliphatic hydroxyl groups excluding tert-OH is 1. The van der Waals surface area contributed by atoms with Crippen molar-refractivity contribution in [2.75, 3.05) is 19.6 Å². The largest absolute Gasteiger partial charge is 0.477 e. The normalized spacial score (nSPS) is 32.8. The first kappa shape index (κ1) is 27.5. The maximum absolute atomic E-state index is 13.1. The molecular formula is C23H33N9O6S. The number of carboxylic acids is 1. The van der Waals surface area contributed by atoms with Gasteiger partial charge in [0.05, 0.1) is 24.1 Å². The number of nitrogens with zero attached hydrogens (tertiary/aromatic N) is 6. The fourth-order valence-electron chi connectivity index (χ4n) is 6.23. The van der Waals surface area contributed by atoms with Crippen LogP contribution in [0.15, 0.2) is 16.9 Å². The minimum Gasteiger partial charge on any atom is -0.477 e. The van der Waals surface area contributed by atoms with Crippen molar-refractivity contribution in [3.8, 4) is 0 Å². The van der Waals surface area contributed by atoms with Crippen LogP contribution >= 0.6 is 11.8 Å². The summed E-state index contributed by atoms with van der Waals surface area (Å²) < 4.78 is 1.27. The predicted octanol–water partition coefficient (Wildman–Crippen LogP) is -2.67. The lowest BCUT2D eigenvalue weighted by molar-refractivity contribution is -0.158. The number of hydrogen-bond donors (Lipinski definition) is 5. The van der Waals surface area contributed by atoms with Crippen LogP contribution in [-0.2, 0) is 25.7 Å². The van der Waals surface area contributed by atoms with Crippen molar-refractivity contribution >= 4 is 35.5 Å². The van der Waals surface area contributed by atoms with Gasteiger partial charge in [-0.15, -0.1) is 16.9 Å². The Bertz CT molecular complexity index is 1180. The zero-order chi connectivity index (χ0) is 28.0. The zero-order valence-electron chi connectivity index (χ0n) is 21.6. The molecule has 0 radical (unpaired) electrons. The van der Waals surface area contributed by atoms with E-state index in [1.807, 2.05) is 6.92 Å². The number of carbonyl (C=O) groups is 4. The number of hydrogen-bond acceptors (Lipinski definition) is 11. The summed E-state index contributed by atoms with van der Waals surface area (Å²) in [5, 5.41) is 36.6. The summed E-state index contributed by atoms with van der Waals surface area (Å²) in [5.41, 5.74) is 5.77. The highest BCUT2D eigenvalue weighted by molar-refractivity contribution is 8.03. The summed E-state index contributed by atoms with van der Waals surface area (Å²) in [5.74, 6) is -2.81. The highest BCUT2D eigenvalue weighted by atomic mass is 32.2. The zero-order valence-corrected chi connectivity index (χ0v) is 22.5. The third-order valence-electron chi connectivity index (χ3n) is 8.05. The molecule has 16 heteroatoms. The van der Waals surface area contributed by atoms with Crippen LogP contribution in [0.5, 0.6) is 0 Å². The number of aliphatic hydroxyl groups is 1. The summed E-state index contributed by atoms with van der Waals surface area (Å²) in [6.45, 7) is 4.57. The summed E-state index contributed by atoms with van der Waals surface area (Å²) >= 11 is 1.39. The Morgan fingerprint density at radius 3 is 2.77 bits per heavy atom. The van der Waals surface area contributed by atoms with Crippen LogP contribution in [0.3, 0.4) is 0 Å². The number of fused-ring (bicyclic) bond motifs is 1. The Morgan fingerprint density at radius 1 is 1.33 bits per heavy atom. The minimum atomic E-state index is -1.18. The molecule has 39 heavy (non-hydrogen) atoms. The summed E-state index contributed by atoms with van der Waals surface area (Å²) in [4.78, 5) is 54.6. The molecule has 0 aromatic carbocycles. The molecule has 3 fully saturated rings. The number of likely N-dealkylation sites (tertiary alicyclic amines) is 1. The van der Waals surface area contributed by atoms with Gasteiger partial charge in [-0.2, -0.15) is 0 Å². The van der Waals surface area contributed by atoms with Gasteiger partial charge in [-0.25, -0.2) is 9.48 Å². The number of amides is 3. The van der Waals surface area contributed by atoms with Gasteiger partial charge in [0.25, 0.3) is 0 Å². The van der Waals surface area contributed by atoms with E-state index in [1.54, 1.807) is 11.8 Å². The number of β-lactam (4-membered cyclic amide) rings is 1. The van der Waals surface area contributed by atoms with Gasteiger partial charge in [-0.05, 0) is 30.2 Å². The van der Waals surface area contributed by atoms with E-state index in [0.29, 0.717) is 24.3 Å². The van der Waals surface area contributed by atoms with E-state index in [2.05, 4.69) is 26.2 Å². The van der Waals surface area contributed by atoms with Gasteiger partial charge in [0.2, 0.25) is 17.7 Å². The monoisotopic (exact) mass is 563 g/mol. The molecular weight excluding hydrogens is 530 g/mol. The standard InChI is InChI=1S/C23H33N9O6S/c1-10-18-17(11(2)27-16(34)8-30-9-26-28-29-30)22(36)32(18)19(23(37)38)20(10)39-14-4-15(25-6-14)21(35)31-7-13(33)3-12(31)5-24/h9-15,17-18,25,33H,3-8,24H2,1-2H3,(H,27,34)(H,37,38)/t10-,11?,12+,13+,14+,15+,17-,18-/m1/s1. The minimum absolute atomic E-state index is 0.0217. The van der Waals surface area contributed by atoms with Crippen LogP contribution in [-0.4, -0.2) is 119 Å². The highest BCUT2D eigenvalue weighted by Crippen LogP contribution is 2.51. The topological polar surface area (TPSA) is 209 Å². The van der Waals surface area contributed by atoms with Crippen LogP contribution in [0.25, 0.3) is 0 Å². The Labute approximate surface area is 228 Å². The molecule has 1 aromatic rings. The molecule has 212 valence electrons. The smallest absolute Gasteiger partial charge is 0.353 e. The second kappa shape index (κ2) is 10.8. The van der Waals surface area contributed by atoms with E-state index in [-0.39, 0.29) is 60.3 Å². The van der Waals surface area contributed by atoms with Crippen molar-refractivity contribution in [3.05, 3.63) is 16.9 Å². The van der Waals surface area contributed by atoms with Gasteiger partial charge in [0.15, 0.2) is 0 Å². The molecule has 0 spiro atoms. The quantitative estimate of drug-likeness (QED) is 0.195. The average molecular weight is 564 g/mol. The number of carboxylic acid groups (broad SMARTS) is 1. The van der Waals surface area contributed by atoms with E-state index < -0.39 is 36.1 Å². The number of carbonyl (C=O) groups excluding carboxylic acids is 3. The number of aliphatic carboxylic acids is 1. The molecule has 3 amide bonds. The number of aromatic nitrogens is 4. The van der Waals surface area contributed by atoms with E-state index in [1.165, 1.54) is 27.7 Å². The van der Waals surface area contributed by atoms with Crippen molar-refractivity contribution in [1.29, 1.82) is 0 Å². The molecule has 8 atom stereocenters. The maximum atomic E-state index is 13.1. The van der Waals surface area contributed by atoms with Crippen molar-refractivity contribution in [2.24, 2.45) is 17.6 Å². The fourth-order valence-corrected chi connectivity index (χ4v) is 7.71. The molecule has 1 aromatic heterocycles. The molecule has 3 saturated heterocycles. The molecule has 5 rings (SSSR count). The number of thioether (sulfide) groups is 1. The van der Waals surface area contributed by atoms with Crippen LogP contribution in [0.2, 0.25) is 0 Å². The maximum Gasteiger partial charge on any atom is 0.353 e. The number of β-amino-alcohol motifs (C(OH)–C–C–N with tert-alkyl or cyclic N) is 1. The van der Waals surface area contributed by atoms with Gasteiger partial charge in [0, 0.05) is 47.8 Å². The lowest BCUT2D eigenvalue weighted by atomic mass is 9.78. The SMILES string of the molecule is CC(NC(=O)Cn1cnnn1)[C@H]1C(=O)N2C(C(=O)O)=C(S[C@@H]3CN[C@H](C(=O)N4C[C@@H](O)C[C@H]4CN)C3)[C@H](C)[C@H]12. The number of nitrogens with one attached hydrogen (secondary N) is 2. The van der Waals surface area contributed by atoms with E-state index in [9.17, 15) is 29.4 Å². The Hall–Kier alpha value is -3.08. The van der Waals surface area contributed by atoms with Gasteiger partial charge in [0.1, 0.15) is 18.6 Å². The summed E-state index contributed by atoms with van der Waals surface area (Å²) in [7, 11) is 0. The second-order valence-corrected chi connectivity index (χ2v) is 11.9. The van der Waals surface area contributed by atoms with Crippen LogP contribution in [0, 0.1) is 11.8 Å². The van der Waals surface area contributed by atoms with Crippen molar-refractivity contribution in [1.82, 2.24) is 40.6 Å².